The van der Waals surface area contributed by atoms with Gasteiger partial charge in [0.25, 0.3) is 0 Å². The maximum atomic E-state index is 11.2. The van der Waals surface area contributed by atoms with E-state index in [-0.39, 0.29) is 19.6 Å². The fourth-order valence-electron chi connectivity index (χ4n) is 0.932. The minimum Gasteiger partial charge on any atom is -0.479 e. The maximum absolute atomic E-state index is 11.2. The number of carbonyl (C=O) groups is 2. The third-order valence-corrected chi connectivity index (χ3v) is 2.51. The van der Waals surface area contributed by atoms with E-state index in [1.54, 1.807) is 0 Å². The Balaban J connectivity index is 3.75. The van der Waals surface area contributed by atoms with Crippen molar-refractivity contribution in [1.29, 1.82) is 0 Å². The van der Waals surface area contributed by atoms with Crippen LogP contribution < -0.4 is 15.4 Å². The lowest BCUT2D eigenvalue weighted by molar-refractivity contribution is -0.147. The van der Waals surface area contributed by atoms with Crippen molar-refractivity contribution in [2.24, 2.45) is 0 Å². The predicted octanol–water partition coefficient (Wildman–Crippen LogP) is -2.07. The quantitative estimate of drug-likeness (QED) is 0.378. The summed E-state index contributed by atoms with van der Waals surface area (Å²) >= 11 is 0. The molecular formula is C8H17N3O6S. The topological polar surface area (TPSA) is 134 Å². The van der Waals surface area contributed by atoms with Crippen molar-refractivity contribution in [1.82, 2.24) is 15.4 Å². The highest BCUT2D eigenvalue weighted by atomic mass is 32.2. The van der Waals surface area contributed by atoms with Gasteiger partial charge in [0.1, 0.15) is 0 Å². The van der Waals surface area contributed by atoms with Crippen LogP contribution in [0.1, 0.15) is 0 Å². The first-order chi connectivity index (χ1) is 8.26. The van der Waals surface area contributed by atoms with Gasteiger partial charge in [0, 0.05) is 20.2 Å². The molecular weight excluding hydrogens is 266 g/mol. The molecule has 0 heterocycles. The van der Waals surface area contributed by atoms with Crippen LogP contribution in [-0.4, -0.2) is 64.6 Å². The van der Waals surface area contributed by atoms with Gasteiger partial charge in [0.2, 0.25) is 10.0 Å². The largest absolute Gasteiger partial charge is 0.479 e. The Bertz CT molecular complexity index is 382. The summed E-state index contributed by atoms with van der Waals surface area (Å²) in [5, 5.41) is 13.2. The first-order valence-corrected chi connectivity index (χ1v) is 6.87. The highest BCUT2D eigenvalue weighted by Crippen LogP contribution is 1.87. The molecule has 0 aliphatic carbocycles. The van der Waals surface area contributed by atoms with Crippen molar-refractivity contribution >= 4 is 22.0 Å². The summed E-state index contributed by atoms with van der Waals surface area (Å²) in [5.74, 6) is -1.18. The van der Waals surface area contributed by atoms with Gasteiger partial charge >= 0.3 is 12.0 Å². The molecule has 106 valence electrons. The molecule has 0 saturated heterocycles. The molecule has 0 aliphatic rings. The Morgan fingerprint density at radius 2 is 1.89 bits per heavy atom. The van der Waals surface area contributed by atoms with Crippen LogP contribution in [0.3, 0.4) is 0 Å². The average Bonchev–Trinajstić information content (AvgIpc) is 2.23. The van der Waals surface area contributed by atoms with E-state index in [4.69, 9.17) is 5.11 Å². The molecule has 0 aromatic carbocycles. The summed E-state index contributed by atoms with van der Waals surface area (Å²) < 4.78 is 28.1. The van der Waals surface area contributed by atoms with E-state index in [1.807, 2.05) is 0 Å². The standard InChI is InChI=1S/C8H17N3O6S/c1-17-6(7(12)13)5-10-8(14)9-3-4-11-18(2,15)16/h6,11H,3-5H2,1-2H3,(H,12,13)(H2,9,10,14). The summed E-state index contributed by atoms with van der Waals surface area (Å²) in [6, 6.07) is -0.603. The van der Waals surface area contributed by atoms with Gasteiger partial charge in [0.05, 0.1) is 12.8 Å². The molecule has 0 bridgehead atoms. The Kier molecular flexibility index (Phi) is 7.24. The number of rotatable bonds is 8. The number of aliphatic carboxylic acids is 1. The van der Waals surface area contributed by atoms with E-state index in [2.05, 4.69) is 20.1 Å². The molecule has 0 rings (SSSR count). The van der Waals surface area contributed by atoms with Gasteiger partial charge in [-0.1, -0.05) is 0 Å². The first kappa shape index (κ1) is 16.6. The van der Waals surface area contributed by atoms with E-state index in [9.17, 15) is 18.0 Å². The minimum absolute atomic E-state index is 0.0545. The van der Waals surface area contributed by atoms with Crippen LogP contribution in [0.15, 0.2) is 0 Å². The van der Waals surface area contributed by atoms with Crippen LogP contribution in [0.25, 0.3) is 0 Å². The highest BCUT2D eigenvalue weighted by molar-refractivity contribution is 7.88. The van der Waals surface area contributed by atoms with Gasteiger partial charge in [0.15, 0.2) is 6.10 Å². The van der Waals surface area contributed by atoms with Crippen LogP contribution in [0.4, 0.5) is 4.79 Å². The molecule has 0 aromatic heterocycles. The van der Waals surface area contributed by atoms with Crippen LogP contribution in [0.2, 0.25) is 0 Å². The summed E-state index contributed by atoms with van der Waals surface area (Å²) in [4.78, 5) is 21.7. The molecule has 4 N–H and O–H groups in total. The number of carboxylic acid groups (broad SMARTS) is 1. The third-order valence-electron chi connectivity index (χ3n) is 1.78. The summed E-state index contributed by atoms with van der Waals surface area (Å²) in [6.45, 7) is -0.0420. The number of hydrogen-bond donors (Lipinski definition) is 4. The molecule has 0 radical (unpaired) electrons. The van der Waals surface area contributed by atoms with Crippen molar-refractivity contribution in [2.45, 2.75) is 6.10 Å². The van der Waals surface area contributed by atoms with Crippen molar-refractivity contribution in [2.75, 3.05) is 33.0 Å². The van der Waals surface area contributed by atoms with Crippen LogP contribution in [0, 0.1) is 0 Å². The van der Waals surface area contributed by atoms with Crippen molar-refractivity contribution in [3.8, 4) is 0 Å². The van der Waals surface area contributed by atoms with Crippen LogP contribution in [-0.2, 0) is 19.6 Å². The summed E-state index contributed by atoms with van der Waals surface area (Å²) in [7, 11) is -2.07. The second kappa shape index (κ2) is 7.84. The van der Waals surface area contributed by atoms with Gasteiger partial charge < -0.3 is 20.5 Å². The Morgan fingerprint density at radius 1 is 1.28 bits per heavy atom. The molecule has 0 spiro atoms. The SMILES string of the molecule is COC(CNC(=O)NCCNS(C)(=O)=O)C(=O)O. The highest BCUT2D eigenvalue weighted by Gasteiger charge is 2.16. The average molecular weight is 283 g/mol. The number of carbonyl (C=O) groups excluding carboxylic acids is 1. The number of sulfonamides is 1. The predicted molar refractivity (Wildman–Crippen MR) is 62.7 cm³/mol. The molecule has 0 aliphatic heterocycles. The van der Waals surface area contributed by atoms with E-state index in [0.717, 1.165) is 6.26 Å². The second-order valence-electron chi connectivity index (χ2n) is 3.37. The van der Waals surface area contributed by atoms with E-state index >= 15 is 0 Å². The monoisotopic (exact) mass is 283 g/mol. The second-order valence-corrected chi connectivity index (χ2v) is 5.20. The number of carboxylic acids is 1. The minimum atomic E-state index is -3.28. The molecule has 9 nitrogen and oxygen atoms in total. The van der Waals surface area contributed by atoms with E-state index < -0.39 is 28.1 Å². The molecule has 0 fully saturated rings. The number of hydrogen-bond acceptors (Lipinski definition) is 5. The lowest BCUT2D eigenvalue weighted by Gasteiger charge is -2.12. The van der Waals surface area contributed by atoms with Crippen LogP contribution >= 0.6 is 0 Å². The lowest BCUT2D eigenvalue weighted by Crippen LogP contribution is -2.44. The van der Waals surface area contributed by atoms with Crippen molar-refractivity contribution < 1.29 is 27.9 Å². The molecule has 10 heteroatoms. The fraction of sp³-hybridized carbons (Fsp3) is 0.750. The van der Waals surface area contributed by atoms with Gasteiger partial charge in [-0.05, 0) is 0 Å². The Hall–Kier alpha value is -1.39. The molecule has 0 saturated carbocycles. The Labute approximate surface area is 105 Å². The van der Waals surface area contributed by atoms with Gasteiger partial charge in [-0.25, -0.2) is 22.7 Å². The van der Waals surface area contributed by atoms with Gasteiger partial charge in [-0.3, -0.25) is 0 Å². The molecule has 1 unspecified atom stereocenters. The van der Waals surface area contributed by atoms with Gasteiger partial charge in [-0.15, -0.1) is 0 Å². The number of methoxy groups -OCH3 is 1. The third kappa shape index (κ3) is 8.73. The summed E-state index contributed by atoms with van der Waals surface area (Å²) in [5.41, 5.74) is 0. The van der Waals surface area contributed by atoms with Crippen molar-refractivity contribution in [3.05, 3.63) is 0 Å². The maximum Gasteiger partial charge on any atom is 0.334 e. The number of urea groups is 1. The number of nitrogens with one attached hydrogen (secondary N) is 3. The normalized spacial score (nSPS) is 12.8. The molecule has 1 atom stereocenters. The van der Waals surface area contributed by atoms with E-state index in [0.29, 0.717) is 0 Å². The zero-order valence-corrected chi connectivity index (χ0v) is 10.9. The van der Waals surface area contributed by atoms with Crippen molar-refractivity contribution in [3.63, 3.8) is 0 Å². The summed E-state index contributed by atoms with van der Waals surface area (Å²) in [6.07, 6.45) is -0.117. The lowest BCUT2D eigenvalue weighted by atomic mass is 10.3. The molecule has 2 amide bonds. The van der Waals surface area contributed by atoms with Crippen LogP contribution in [0.5, 0.6) is 0 Å². The molecule has 18 heavy (non-hydrogen) atoms. The Morgan fingerprint density at radius 3 is 2.33 bits per heavy atom. The van der Waals surface area contributed by atoms with E-state index in [1.165, 1.54) is 7.11 Å². The zero-order chi connectivity index (χ0) is 14.2. The molecule has 0 aromatic rings. The van der Waals surface area contributed by atoms with Gasteiger partial charge in [-0.2, -0.15) is 0 Å². The first-order valence-electron chi connectivity index (χ1n) is 4.98. The smallest absolute Gasteiger partial charge is 0.334 e. The number of ether oxygens (including phenoxy) is 1. The zero-order valence-electron chi connectivity index (χ0n) is 10.1. The fourth-order valence-corrected chi connectivity index (χ4v) is 1.40. The number of amides is 2.